The molecule has 2 heterocycles. The molecule has 106 valence electrons. The summed E-state index contributed by atoms with van der Waals surface area (Å²) >= 11 is 0. The van der Waals surface area contributed by atoms with Gasteiger partial charge in [-0.3, -0.25) is 9.80 Å². The molecule has 3 nitrogen and oxygen atoms in total. The molecule has 2 aliphatic heterocycles. The van der Waals surface area contributed by atoms with Crippen LogP contribution >= 0.6 is 0 Å². The summed E-state index contributed by atoms with van der Waals surface area (Å²) in [7, 11) is 0. The van der Waals surface area contributed by atoms with E-state index in [9.17, 15) is 0 Å². The molecular formula is C15H31N3. The first-order valence-corrected chi connectivity index (χ1v) is 7.88. The zero-order valence-corrected chi connectivity index (χ0v) is 12.5. The number of nitrogens with zero attached hydrogens (tertiary/aromatic N) is 2. The van der Waals surface area contributed by atoms with Gasteiger partial charge in [-0.15, -0.1) is 0 Å². The van der Waals surface area contributed by atoms with E-state index in [1.54, 1.807) is 0 Å². The fourth-order valence-electron chi connectivity index (χ4n) is 3.40. The smallest absolute Gasteiger partial charge is 0.0223 e. The molecule has 0 saturated carbocycles. The summed E-state index contributed by atoms with van der Waals surface area (Å²) in [5, 5.41) is 3.52. The number of hydrogen-bond donors (Lipinski definition) is 1. The van der Waals surface area contributed by atoms with Crippen molar-refractivity contribution in [1.82, 2.24) is 15.1 Å². The summed E-state index contributed by atoms with van der Waals surface area (Å²) in [6.07, 6.45) is 5.57. The average Bonchev–Trinajstić information content (AvgIpc) is 2.34. The van der Waals surface area contributed by atoms with Gasteiger partial charge >= 0.3 is 0 Å². The molecule has 3 heteroatoms. The second kappa shape index (κ2) is 6.88. The van der Waals surface area contributed by atoms with Crippen LogP contribution in [0.3, 0.4) is 0 Å². The lowest BCUT2D eigenvalue weighted by molar-refractivity contribution is 0.0149. The van der Waals surface area contributed by atoms with Crippen molar-refractivity contribution in [3.8, 4) is 0 Å². The lowest BCUT2D eigenvalue weighted by atomic mass is 9.97. The van der Waals surface area contributed by atoms with E-state index >= 15 is 0 Å². The SMILES string of the molecule is CC(C)NCCCN1CC2CCCCN2CC1C. The molecule has 2 aliphatic rings. The van der Waals surface area contributed by atoms with Crippen LogP contribution in [0.2, 0.25) is 0 Å². The van der Waals surface area contributed by atoms with Gasteiger partial charge in [-0.05, 0) is 45.8 Å². The summed E-state index contributed by atoms with van der Waals surface area (Å²) in [6.45, 7) is 13.2. The average molecular weight is 253 g/mol. The third-order valence-corrected chi connectivity index (χ3v) is 4.49. The van der Waals surface area contributed by atoms with Crippen LogP contribution in [0.5, 0.6) is 0 Å². The van der Waals surface area contributed by atoms with Gasteiger partial charge in [0.1, 0.15) is 0 Å². The molecule has 0 bridgehead atoms. The van der Waals surface area contributed by atoms with E-state index in [-0.39, 0.29) is 0 Å². The molecule has 0 aromatic rings. The van der Waals surface area contributed by atoms with Crippen molar-refractivity contribution in [3.63, 3.8) is 0 Å². The molecular weight excluding hydrogens is 222 g/mol. The van der Waals surface area contributed by atoms with Crippen LogP contribution in [0, 0.1) is 0 Å². The highest BCUT2D eigenvalue weighted by Gasteiger charge is 2.32. The zero-order chi connectivity index (χ0) is 13.0. The summed E-state index contributed by atoms with van der Waals surface area (Å²) in [5.74, 6) is 0. The Kier molecular flexibility index (Phi) is 5.46. The Morgan fingerprint density at radius 3 is 2.83 bits per heavy atom. The lowest BCUT2D eigenvalue weighted by Crippen LogP contribution is -2.58. The van der Waals surface area contributed by atoms with Gasteiger partial charge in [-0.1, -0.05) is 20.3 Å². The molecule has 2 saturated heterocycles. The Labute approximate surface area is 113 Å². The van der Waals surface area contributed by atoms with Crippen LogP contribution in [0.1, 0.15) is 46.5 Å². The first-order chi connectivity index (χ1) is 8.66. The van der Waals surface area contributed by atoms with Crippen LogP contribution in [-0.2, 0) is 0 Å². The maximum absolute atomic E-state index is 3.52. The fraction of sp³-hybridized carbons (Fsp3) is 1.00. The minimum absolute atomic E-state index is 0.623. The predicted octanol–water partition coefficient (Wildman–Crippen LogP) is 1.93. The van der Waals surface area contributed by atoms with Crippen LogP contribution in [0.25, 0.3) is 0 Å². The van der Waals surface area contributed by atoms with E-state index in [0.717, 1.165) is 18.6 Å². The van der Waals surface area contributed by atoms with Crippen molar-refractivity contribution in [2.24, 2.45) is 0 Å². The van der Waals surface area contributed by atoms with Gasteiger partial charge in [-0.25, -0.2) is 0 Å². The molecule has 2 unspecified atom stereocenters. The van der Waals surface area contributed by atoms with Crippen molar-refractivity contribution in [2.45, 2.75) is 64.6 Å². The van der Waals surface area contributed by atoms with Crippen LogP contribution < -0.4 is 5.32 Å². The third-order valence-electron chi connectivity index (χ3n) is 4.49. The van der Waals surface area contributed by atoms with Gasteiger partial charge in [0.25, 0.3) is 0 Å². The maximum atomic E-state index is 3.52. The van der Waals surface area contributed by atoms with E-state index in [2.05, 4.69) is 35.9 Å². The van der Waals surface area contributed by atoms with Crippen LogP contribution in [-0.4, -0.2) is 60.6 Å². The van der Waals surface area contributed by atoms with E-state index < -0.39 is 0 Å². The van der Waals surface area contributed by atoms with Gasteiger partial charge < -0.3 is 5.32 Å². The Bertz CT molecular complexity index is 242. The van der Waals surface area contributed by atoms with E-state index in [4.69, 9.17) is 0 Å². The quantitative estimate of drug-likeness (QED) is 0.755. The highest BCUT2D eigenvalue weighted by atomic mass is 15.3. The second-order valence-corrected chi connectivity index (χ2v) is 6.45. The van der Waals surface area contributed by atoms with Crippen molar-refractivity contribution < 1.29 is 0 Å². The molecule has 1 N–H and O–H groups in total. The third kappa shape index (κ3) is 3.94. The highest BCUT2D eigenvalue weighted by Crippen LogP contribution is 2.23. The van der Waals surface area contributed by atoms with Gasteiger partial charge in [0.2, 0.25) is 0 Å². The predicted molar refractivity (Wildman–Crippen MR) is 78.0 cm³/mol. The van der Waals surface area contributed by atoms with Gasteiger partial charge in [-0.2, -0.15) is 0 Å². The molecule has 0 aliphatic carbocycles. The van der Waals surface area contributed by atoms with Gasteiger partial charge in [0.15, 0.2) is 0 Å². The molecule has 0 aromatic heterocycles. The number of rotatable bonds is 5. The number of piperazine rings is 1. The summed E-state index contributed by atoms with van der Waals surface area (Å²) in [4.78, 5) is 5.45. The number of fused-ring (bicyclic) bond motifs is 1. The Hall–Kier alpha value is -0.120. The van der Waals surface area contributed by atoms with E-state index in [1.165, 1.54) is 51.9 Å². The van der Waals surface area contributed by atoms with Crippen molar-refractivity contribution in [3.05, 3.63) is 0 Å². The highest BCUT2D eigenvalue weighted by molar-refractivity contribution is 4.88. The van der Waals surface area contributed by atoms with E-state index in [1.807, 2.05) is 0 Å². The molecule has 2 atom stereocenters. The zero-order valence-electron chi connectivity index (χ0n) is 12.5. The normalized spacial score (nSPS) is 30.7. The summed E-state index contributed by atoms with van der Waals surface area (Å²) in [6, 6.07) is 2.23. The van der Waals surface area contributed by atoms with Gasteiger partial charge in [0, 0.05) is 31.2 Å². The Balaban J connectivity index is 1.71. The van der Waals surface area contributed by atoms with Crippen LogP contribution in [0.4, 0.5) is 0 Å². The van der Waals surface area contributed by atoms with Crippen molar-refractivity contribution in [2.75, 3.05) is 32.7 Å². The first-order valence-electron chi connectivity index (χ1n) is 7.88. The fourth-order valence-corrected chi connectivity index (χ4v) is 3.40. The number of hydrogen-bond acceptors (Lipinski definition) is 3. The minimum atomic E-state index is 0.623. The summed E-state index contributed by atoms with van der Waals surface area (Å²) in [5.41, 5.74) is 0. The Morgan fingerprint density at radius 1 is 1.22 bits per heavy atom. The molecule has 2 rings (SSSR count). The molecule has 18 heavy (non-hydrogen) atoms. The summed E-state index contributed by atoms with van der Waals surface area (Å²) < 4.78 is 0. The van der Waals surface area contributed by atoms with Crippen molar-refractivity contribution >= 4 is 0 Å². The van der Waals surface area contributed by atoms with E-state index in [0.29, 0.717) is 6.04 Å². The topological polar surface area (TPSA) is 18.5 Å². The molecule has 0 radical (unpaired) electrons. The Morgan fingerprint density at radius 2 is 2.06 bits per heavy atom. The minimum Gasteiger partial charge on any atom is -0.314 e. The molecule has 2 fully saturated rings. The largest absolute Gasteiger partial charge is 0.314 e. The lowest BCUT2D eigenvalue weighted by Gasteiger charge is -2.47. The number of nitrogens with one attached hydrogen (secondary N) is 1. The maximum Gasteiger partial charge on any atom is 0.0223 e. The van der Waals surface area contributed by atoms with Crippen molar-refractivity contribution in [1.29, 1.82) is 0 Å². The first kappa shape index (κ1) is 14.3. The standard InChI is InChI=1S/C15H31N3/c1-13(2)16-8-6-10-17-12-15-7-4-5-9-18(15)11-14(17)3/h13-16H,4-12H2,1-3H3. The molecule has 0 amide bonds. The monoisotopic (exact) mass is 253 g/mol. The second-order valence-electron chi connectivity index (χ2n) is 6.45. The number of piperidine rings is 1. The van der Waals surface area contributed by atoms with Crippen LogP contribution in [0.15, 0.2) is 0 Å². The molecule has 0 spiro atoms. The molecule has 0 aromatic carbocycles. The van der Waals surface area contributed by atoms with Gasteiger partial charge in [0.05, 0.1) is 0 Å².